The van der Waals surface area contributed by atoms with E-state index in [0.29, 0.717) is 6.42 Å². The van der Waals surface area contributed by atoms with Gasteiger partial charge in [-0.2, -0.15) is 0 Å². The van der Waals surface area contributed by atoms with Gasteiger partial charge in [-0.25, -0.2) is 4.99 Å². The Labute approximate surface area is 294 Å². The van der Waals surface area contributed by atoms with Gasteiger partial charge in [0.25, 0.3) is 0 Å². The molecule has 0 bridgehead atoms. The Balaban J connectivity index is 1.11. The van der Waals surface area contributed by atoms with Crippen LogP contribution in [0.4, 0.5) is 16.4 Å². The Morgan fingerprint density at radius 3 is 2.02 bits per heavy atom. The van der Waals surface area contributed by atoms with E-state index in [0.717, 1.165) is 78.1 Å². The van der Waals surface area contributed by atoms with Gasteiger partial charge >= 0.3 is 5.97 Å². The van der Waals surface area contributed by atoms with E-state index < -0.39 is 6.41 Å². The minimum absolute atomic E-state index is 0.284. The van der Waals surface area contributed by atoms with Gasteiger partial charge in [0, 0.05) is 37.5 Å². The van der Waals surface area contributed by atoms with E-state index in [9.17, 15) is 9.90 Å². The molecule has 2 aliphatic heterocycles. The zero-order valence-electron chi connectivity index (χ0n) is 30.1. The van der Waals surface area contributed by atoms with Crippen molar-refractivity contribution in [3.63, 3.8) is 0 Å². The van der Waals surface area contributed by atoms with Crippen molar-refractivity contribution in [3.05, 3.63) is 40.8 Å². The Bertz CT molecular complexity index is 1240. The fraction of sp³-hybridized carbons (Fsp3) is 0.692. The van der Waals surface area contributed by atoms with Crippen LogP contribution < -0.4 is 4.90 Å². The normalized spacial score (nSPS) is 15.5. The maximum atomic E-state index is 12.4. The van der Waals surface area contributed by atoms with Crippen molar-refractivity contribution in [1.82, 2.24) is 9.80 Å². The number of carbonyl (C=O) groups is 1. The lowest BCUT2D eigenvalue weighted by molar-refractivity contribution is -0.182. The molecule has 0 radical (unpaired) electrons. The number of esters is 1. The number of rotatable bonds is 22. The van der Waals surface area contributed by atoms with Crippen molar-refractivity contribution in [3.8, 4) is 0 Å². The standard InChI is InChI=1S/C39H62N4O4S/c1-4-5-6-7-8-9-10-11-12-13-14-15-16-17-18-19-20-25-36(44)46-31-47-39(45)43-35-24-22-21-23-34(35)40-37(33-30-32(2)48-38(33)43)42-28-26-41(3)27-29-42/h21-24,30,39,45H,4-20,25-29,31H2,1-3H3. The summed E-state index contributed by atoms with van der Waals surface area (Å²) >= 11 is 1.60. The lowest BCUT2D eigenvalue weighted by Crippen LogP contribution is -2.47. The first-order valence-corrected chi connectivity index (χ1v) is 19.8. The number of aliphatic hydroxyl groups is 1. The van der Waals surface area contributed by atoms with Crippen LogP contribution in [-0.4, -0.2) is 73.1 Å². The monoisotopic (exact) mass is 682 g/mol. The minimum atomic E-state index is -1.34. The summed E-state index contributed by atoms with van der Waals surface area (Å²) in [6.07, 6.45) is 21.3. The van der Waals surface area contributed by atoms with Crippen molar-refractivity contribution >= 4 is 39.5 Å². The molecule has 8 nitrogen and oxygen atoms in total. The molecular formula is C39H62N4O4S. The van der Waals surface area contributed by atoms with Crippen LogP contribution in [0.15, 0.2) is 35.3 Å². The van der Waals surface area contributed by atoms with Crippen molar-refractivity contribution < 1.29 is 19.4 Å². The third kappa shape index (κ3) is 12.5. The number of fused-ring (bicyclic) bond motifs is 2. The highest BCUT2D eigenvalue weighted by Crippen LogP contribution is 2.45. The molecule has 2 aromatic rings. The Morgan fingerprint density at radius 2 is 1.42 bits per heavy atom. The highest BCUT2D eigenvalue weighted by molar-refractivity contribution is 7.16. The number of likely N-dealkylation sites (N-methyl/N-ethyl adjacent to an activating group) is 1. The molecule has 1 atom stereocenters. The largest absolute Gasteiger partial charge is 0.438 e. The van der Waals surface area contributed by atoms with Gasteiger partial charge in [0.2, 0.25) is 6.41 Å². The smallest absolute Gasteiger partial charge is 0.307 e. The molecule has 1 saturated heterocycles. The number of unbranched alkanes of at least 4 members (excludes halogenated alkanes) is 16. The third-order valence-corrected chi connectivity index (χ3v) is 10.7. The molecule has 9 heteroatoms. The molecule has 1 fully saturated rings. The molecule has 48 heavy (non-hydrogen) atoms. The van der Waals surface area contributed by atoms with Crippen LogP contribution in [0.1, 0.15) is 133 Å². The Kier molecular flexibility index (Phi) is 17.2. The van der Waals surface area contributed by atoms with Crippen LogP contribution in [0.5, 0.6) is 0 Å². The second kappa shape index (κ2) is 21.6. The first-order chi connectivity index (χ1) is 23.5. The maximum Gasteiger partial charge on any atom is 0.307 e. The van der Waals surface area contributed by atoms with Crippen molar-refractivity contribution in [2.45, 2.75) is 136 Å². The number of anilines is 2. The topological polar surface area (TPSA) is 77.8 Å². The van der Waals surface area contributed by atoms with E-state index in [1.807, 2.05) is 24.3 Å². The fourth-order valence-electron chi connectivity index (χ4n) is 6.67. The summed E-state index contributed by atoms with van der Waals surface area (Å²) in [5.74, 6) is 0.637. The predicted octanol–water partition coefficient (Wildman–Crippen LogP) is 9.67. The minimum Gasteiger partial charge on any atom is -0.438 e. The van der Waals surface area contributed by atoms with E-state index >= 15 is 0 Å². The van der Waals surface area contributed by atoms with Crippen LogP contribution in [0.2, 0.25) is 0 Å². The Hall–Kier alpha value is -2.46. The second-order valence-corrected chi connectivity index (χ2v) is 14.9. The quantitative estimate of drug-likeness (QED) is 0.0753. The number of hydrogen-bond donors (Lipinski definition) is 1. The highest BCUT2D eigenvalue weighted by atomic mass is 32.1. The highest BCUT2D eigenvalue weighted by Gasteiger charge is 2.33. The fourth-order valence-corrected chi connectivity index (χ4v) is 7.70. The zero-order chi connectivity index (χ0) is 34.0. The van der Waals surface area contributed by atoms with Crippen LogP contribution in [-0.2, 0) is 14.3 Å². The number of aliphatic hydroxyl groups excluding tert-OH is 1. The van der Waals surface area contributed by atoms with Gasteiger partial charge in [0.05, 0.1) is 16.9 Å². The first kappa shape index (κ1) is 38.3. The number of ether oxygens (including phenoxy) is 2. The van der Waals surface area contributed by atoms with Crippen molar-refractivity contribution in [2.24, 2.45) is 4.99 Å². The number of amidine groups is 1. The molecule has 1 N–H and O–H groups in total. The van der Waals surface area contributed by atoms with Crippen molar-refractivity contribution in [2.75, 3.05) is 44.9 Å². The molecule has 1 unspecified atom stereocenters. The van der Waals surface area contributed by atoms with Gasteiger partial charge in [0.15, 0.2) is 6.79 Å². The number of thiophene rings is 1. The molecule has 0 saturated carbocycles. The summed E-state index contributed by atoms with van der Waals surface area (Å²) in [5, 5.41) is 12.2. The number of carbonyl (C=O) groups excluding carboxylic acids is 1. The van der Waals surface area contributed by atoms with Crippen molar-refractivity contribution in [1.29, 1.82) is 0 Å². The number of aryl methyl sites for hydroxylation is 1. The third-order valence-electron chi connectivity index (χ3n) is 9.61. The number of hydrogen-bond acceptors (Lipinski definition) is 9. The maximum absolute atomic E-state index is 12.4. The van der Waals surface area contributed by atoms with E-state index in [1.165, 1.54) is 89.9 Å². The van der Waals surface area contributed by atoms with E-state index in [2.05, 4.69) is 36.8 Å². The first-order valence-electron chi connectivity index (χ1n) is 18.9. The lowest BCUT2D eigenvalue weighted by atomic mass is 10.0. The molecule has 4 rings (SSSR count). The average Bonchev–Trinajstić information content (AvgIpc) is 3.40. The summed E-state index contributed by atoms with van der Waals surface area (Å²) in [6, 6.07) is 9.95. The van der Waals surface area contributed by atoms with Crippen LogP contribution in [0.25, 0.3) is 0 Å². The zero-order valence-corrected chi connectivity index (χ0v) is 30.9. The molecule has 0 amide bonds. The van der Waals surface area contributed by atoms with Gasteiger partial charge in [-0.3, -0.25) is 14.4 Å². The van der Waals surface area contributed by atoms with Crippen LogP contribution in [0.3, 0.4) is 0 Å². The summed E-state index contributed by atoms with van der Waals surface area (Å²) in [7, 11) is 2.14. The SMILES string of the molecule is CCCCCCCCCCCCCCCCCCCC(=O)OCOC(O)N1c2ccccc2N=C(N2CCN(C)CC2)c2cc(C)sc21. The van der Waals surface area contributed by atoms with E-state index in [4.69, 9.17) is 14.5 Å². The molecule has 2 aliphatic rings. The molecule has 0 spiro atoms. The van der Waals surface area contributed by atoms with E-state index in [-0.39, 0.29) is 12.8 Å². The summed E-state index contributed by atoms with van der Waals surface area (Å²) in [6.45, 7) is 7.77. The second-order valence-electron chi connectivity index (χ2n) is 13.7. The van der Waals surface area contributed by atoms with Gasteiger partial charge in [-0.05, 0) is 38.6 Å². The van der Waals surface area contributed by atoms with Gasteiger partial charge in [-0.15, -0.1) is 11.3 Å². The van der Waals surface area contributed by atoms with E-state index in [1.54, 1.807) is 16.2 Å². The summed E-state index contributed by atoms with van der Waals surface area (Å²) in [4.78, 5) is 25.1. The molecule has 3 heterocycles. The number of piperazine rings is 1. The number of para-hydroxylation sites is 2. The summed E-state index contributed by atoms with van der Waals surface area (Å²) in [5.41, 5.74) is 2.51. The lowest BCUT2D eigenvalue weighted by Gasteiger charge is -2.34. The summed E-state index contributed by atoms with van der Waals surface area (Å²) < 4.78 is 11.1. The molecular weight excluding hydrogens is 621 g/mol. The molecule has 1 aromatic heterocycles. The predicted molar refractivity (Wildman–Crippen MR) is 200 cm³/mol. The van der Waals surface area contributed by atoms with Gasteiger partial charge in [0.1, 0.15) is 10.8 Å². The van der Waals surface area contributed by atoms with Crippen LogP contribution in [0, 0.1) is 6.92 Å². The average molecular weight is 683 g/mol. The Morgan fingerprint density at radius 1 is 0.854 bits per heavy atom. The number of benzene rings is 1. The molecule has 0 aliphatic carbocycles. The van der Waals surface area contributed by atoms with Crippen LogP contribution >= 0.6 is 11.3 Å². The molecule has 268 valence electrons. The number of aliphatic imine (C=N–C) groups is 1. The number of nitrogens with zero attached hydrogens (tertiary/aromatic N) is 4. The van der Waals surface area contributed by atoms with Gasteiger partial charge in [-0.1, -0.05) is 122 Å². The van der Waals surface area contributed by atoms with Gasteiger partial charge < -0.3 is 19.6 Å². The molecule has 1 aromatic carbocycles.